The first-order valence-corrected chi connectivity index (χ1v) is 10.5. The van der Waals surface area contributed by atoms with Crippen LogP contribution < -0.4 is 10.1 Å². The monoisotopic (exact) mass is 387 g/mol. The van der Waals surface area contributed by atoms with Crippen LogP contribution in [0.15, 0.2) is 54.6 Å². The predicted molar refractivity (Wildman–Crippen MR) is 124 cm³/mol. The van der Waals surface area contributed by atoms with Crippen LogP contribution in [-0.2, 0) is 0 Å². The lowest BCUT2D eigenvalue weighted by molar-refractivity contribution is 0.303. The lowest BCUT2D eigenvalue weighted by Gasteiger charge is -2.19. The molecule has 1 N–H and O–H groups in total. The minimum atomic E-state index is 0.855. The molecule has 0 fully saturated rings. The van der Waals surface area contributed by atoms with Crippen molar-refractivity contribution >= 4 is 38.3 Å². The molecule has 0 amide bonds. The number of nitrogens with one attached hydrogen (secondary N) is 1. The molecule has 0 aliphatic rings. The fourth-order valence-corrected chi connectivity index (χ4v) is 4.03. The van der Waals surface area contributed by atoms with Crippen LogP contribution in [0.4, 0.5) is 5.69 Å². The zero-order valence-electron chi connectivity index (χ0n) is 17.5. The summed E-state index contributed by atoms with van der Waals surface area (Å²) >= 11 is 0. The van der Waals surface area contributed by atoms with Crippen molar-refractivity contribution in [3.05, 3.63) is 54.6 Å². The summed E-state index contributed by atoms with van der Waals surface area (Å²) in [5.74, 6) is 0.855. The summed E-state index contributed by atoms with van der Waals surface area (Å²) in [6, 6.07) is 18.9. The first kappa shape index (κ1) is 19.5. The second-order valence-corrected chi connectivity index (χ2v) is 7.36. The zero-order chi connectivity index (χ0) is 20.2. The van der Waals surface area contributed by atoms with Crippen molar-refractivity contribution in [2.45, 2.75) is 20.3 Å². The van der Waals surface area contributed by atoms with E-state index in [1.54, 1.807) is 7.11 Å². The molecule has 0 radical (unpaired) electrons. The number of hydrogen-bond donors (Lipinski definition) is 1. The lowest BCUT2D eigenvalue weighted by Crippen LogP contribution is -2.25. The molecule has 150 valence electrons. The van der Waals surface area contributed by atoms with Gasteiger partial charge in [-0.15, -0.1) is 0 Å². The van der Waals surface area contributed by atoms with Crippen LogP contribution >= 0.6 is 0 Å². The fourth-order valence-electron chi connectivity index (χ4n) is 4.03. The van der Waals surface area contributed by atoms with Crippen molar-refractivity contribution in [3.63, 3.8) is 0 Å². The van der Waals surface area contributed by atoms with Gasteiger partial charge in [0, 0.05) is 22.7 Å². The van der Waals surface area contributed by atoms with Crippen molar-refractivity contribution in [2.24, 2.45) is 0 Å². The summed E-state index contributed by atoms with van der Waals surface area (Å²) in [6.45, 7) is 8.70. The Labute approximate surface area is 172 Å². The number of anilines is 1. The molecule has 0 bridgehead atoms. The minimum absolute atomic E-state index is 0.855. The molecule has 29 heavy (non-hydrogen) atoms. The first-order chi connectivity index (χ1) is 14.2. The first-order valence-electron chi connectivity index (χ1n) is 10.5. The number of pyridine rings is 1. The smallest absolute Gasteiger partial charge is 0.119 e. The van der Waals surface area contributed by atoms with E-state index < -0.39 is 0 Å². The predicted octanol–water partition coefficient (Wildman–Crippen LogP) is 5.69. The Morgan fingerprint density at radius 2 is 1.72 bits per heavy atom. The molecule has 0 atom stereocenters. The van der Waals surface area contributed by atoms with Gasteiger partial charge < -0.3 is 15.0 Å². The number of fused-ring (bicyclic) bond motifs is 4. The molecule has 3 aromatic carbocycles. The number of benzene rings is 3. The van der Waals surface area contributed by atoms with E-state index in [2.05, 4.69) is 72.6 Å². The summed E-state index contributed by atoms with van der Waals surface area (Å²) in [5.41, 5.74) is 3.21. The van der Waals surface area contributed by atoms with E-state index in [-0.39, 0.29) is 0 Å². The van der Waals surface area contributed by atoms with Crippen molar-refractivity contribution in [2.75, 3.05) is 38.6 Å². The van der Waals surface area contributed by atoms with Gasteiger partial charge >= 0.3 is 0 Å². The standard InChI is InChI=1S/C25H29N3O/c1-4-28(5-2)16-8-15-26-24-20-9-6-7-10-23(20)27-25-21(24)14-12-18-11-13-19(29-3)17-22(18)25/h6-7,9-14,17H,4-5,8,15-16H2,1-3H3,(H,26,27). The van der Waals surface area contributed by atoms with Crippen LogP contribution in [-0.4, -0.2) is 43.2 Å². The highest BCUT2D eigenvalue weighted by atomic mass is 16.5. The van der Waals surface area contributed by atoms with Gasteiger partial charge in [0.1, 0.15) is 5.75 Å². The van der Waals surface area contributed by atoms with Gasteiger partial charge in [-0.05, 0) is 49.6 Å². The van der Waals surface area contributed by atoms with Gasteiger partial charge in [0.25, 0.3) is 0 Å². The highest BCUT2D eigenvalue weighted by Crippen LogP contribution is 2.35. The molecule has 0 unspecified atom stereocenters. The average molecular weight is 388 g/mol. The van der Waals surface area contributed by atoms with Crippen molar-refractivity contribution in [3.8, 4) is 5.75 Å². The number of ether oxygens (including phenoxy) is 1. The van der Waals surface area contributed by atoms with Gasteiger partial charge in [-0.2, -0.15) is 0 Å². The quantitative estimate of drug-likeness (QED) is 0.239. The van der Waals surface area contributed by atoms with Gasteiger partial charge in [-0.1, -0.05) is 50.2 Å². The molecule has 0 saturated heterocycles. The SMILES string of the molecule is CCN(CC)CCCNc1c2ccccc2nc2c1ccc1ccc(OC)cc12. The highest BCUT2D eigenvalue weighted by molar-refractivity contribution is 6.16. The molecular weight excluding hydrogens is 358 g/mol. The van der Waals surface area contributed by atoms with Crippen LogP contribution in [0.3, 0.4) is 0 Å². The number of hydrogen-bond acceptors (Lipinski definition) is 4. The van der Waals surface area contributed by atoms with Crippen LogP contribution in [0.25, 0.3) is 32.6 Å². The van der Waals surface area contributed by atoms with E-state index in [4.69, 9.17) is 9.72 Å². The molecular formula is C25H29N3O. The van der Waals surface area contributed by atoms with Crippen LogP contribution in [0.5, 0.6) is 5.75 Å². The molecule has 4 nitrogen and oxygen atoms in total. The molecule has 4 rings (SSSR count). The molecule has 0 aliphatic carbocycles. The number of para-hydroxylation sites is 1. The maximum Gasteiger partial charge on any atom is 0.119 e. The normalized spacial score (nSPS) is 11.6. The Balaban J connectivity index is 1.79. The summed E-state index contributed by atoms with van der Waals surface area (Å²) in [7, 11) is 1.71. The molecule has 0 aliphatic heterocycles. The van der Waals surface area contributed by atoms with Crippen LogP contribution in [0.1, 0.15) is 20.3 Å². The Hall–Kier alpha value is -2.85. The average Bonchev–Trinajstić information content (AvgIpc) is 2.78. The summed E-state index contributed by atoms with van der Waals surface area (Å²) in [5, 5.41) is 8.36. The van der Waals surface area contributed by atoms with Crippen LogP contribution in [0, 0.1) is 0 Å². The number of methoxy groups -OCH3 is 1. The molecule has 4 aromatic rings. The van der Waals surface area contributed by atoms with Gasteiger partial charge in [-0.25, -0.2) is 4.98 Å². The van der Waals surface area contributed by atoms with Crippen molar-refractivity contribution in [1.29, 1.82) is 0 Å². The minimum Gasteiger partial charge on any atom is -0.497 e. The fraction of sp³-hybridized carbons (Fsp3) is 0.320. The number of aromatic nitrogens is 1. The van der Waals surface area contributed by atoms with Crippen molar-refractivity contribution in [1.82, 2.24) is 9.88 Å². The maximum atomic E-state index is 5.46. The highest BCUT2D eigenvalue weighted by Gasteiger charge is 2.12. The number of rotatable bonds is 8. The third kappa shape index (κ3) is 3.85. The molecule has 0 spiro atoms. The molecule has 1 aromatic heterocycles. The van der Waals surface area contributed by atoms with Crippen molar-refractivity contribution < 1.29 is 4.74 Å². The van der Waals surface area contributed by atoms with E-state index in [0.717, 1.165) is 60.2 Å². The van der Waals surface area contributed by atoms with E-state index >= 15 is 0 Å². The number of nitrogens with zero attached hydrogens (tertiary/aromatic N) is 2. The third-order valence-electron chi connectivity index (χ3n) is 5.72. The Morgan fingerprint density at radius 1 is 0.931 bits per heavy atom. The maximum absolute atomic E-state index is 5.46. The molecule has 1 heterocycles. The Bertz CT molecular complexity index is 1140. The second kappa shape index (κ2) is 8.66. The van der Waals surface area contributed by atoms with E-state index in [0.29, 0.717) is 0 Å². The topological polar surface area (TPSA) is 37.4 Å². The van der Waals surface area contributed by atoms with E-state index in [1.165, 1.54) is 16.5 Å². The summed E-state index contributed by atoms with van der Waals surface area (Å²) in [4.78, 5) is 7.48. The zero-order valence-corrected chi connectivity index (χ0v) is 17.5. The summed E-state index contributed by atoms with van der Waals surface area (Å²) < 4.78 is 5.46. The van der Waals surface area contributed by atoms with Gasteiger partial charge in [0.05, 0.1) is 23.8 Å². The summed E-state index contributed by atoms with van der Waals surface area (Å²) in [6.07, 6.45) is 1.11. The largest absolute Gasteiger partial charge is 0.497 e. The van der Waals surface area contributed by atoms with Gasteiger partial charge in [-0.3, -0.25) is 0 Å². The molecule has 4 heteroatoms. The molecule has 0 saturated carbocycles. The van der Waals surface area contributed by atoms with Crippen LogP contribution in [0.2, 0.25) is 0 Å². The second-order valence-electron chi connectivity index (χ2n) is 7.36. The Kier molecular flexibility index (Phi) is 5.81. The third-order valence-corrected chi connectivity index (χ3v) is 5.72. The van der Waals surface area contributed by atoms with E-state index in [9.17, 15) is 0 Å². The van der Waals surface area contributed by atoms with E-state index in [1.807, 2.05) is 6.07 Å². The Morgan fingerprint density at radius 3 is 2.52 bits per heavy atom. The van der Waals surface area contributed by atoms with Gasteiger partial charge in [0.2, 0.25) is 0 Å². The van der Waals surface area contributed by atoms with Gasteiger partial charge in [0.15, 0.2) is 0 Å². The lowest BCUT2D eigenvalue weighted by atomic mass is 10.0.